The van der Waals surface area contributed by atoms with Crippen molar-refractivity contribution >= 4 is 27.1 Å². The Morgan fingerprint density at radius 1 is 1.44 bits per heavy atom. The molecule has 0 amide bonds. The molecule has 0 fully saturated rings. The fraction of sp³-hybridized carbons (Fsp3) is 0.500. The Labute approximate surface area is 113 Å². The molecule has 0 heterocycles. The summed E-state index contributed by atoms with van der Waals surface area (Å²) in [5.41, 5.74) is 0.676. The van der Waals surface area contributed by atoms with Crippen molar-refractivity contribution in [1.82, 2.24) is 0 Å². The minimum Gasteiger partial charge on any atom is -0.497 e. The molecule has 1 aromatic carbocycles. The van der Waals surface area contributed by atoms with E-state index in [2.05, 4.69) is 5.32 Å². The predicted molar refractivity (Wildman–Crippen MR) is 75.4 cm³/mol. The third-order valence-electron chi connectivity index (χ3n) is 2.52. The van der Waals surface area contributed by atoms with Crippen LogP contribution in [-0.2, 0) is 9.84 Å². The molecule has 0 bridgehead atoms. The lowest BCUT2D eigenvalue weighted by Gasteiger charge is -2.16. The molecule has 0 aromatic heterocycles. The molecule has 0 saturated heterocycles. The molecule has 0 aliphatic rings. The van der Waals surface area contributed by atoms with Gasteiger partial charge in [0.1, 0.15) is 5.75 Å². The van der Waals surface area contributed by atoms with Crippen LogP contribution in [0.3, 0.4) is 0 Å². The second kappa shape index (κ2) is 6.29. The molecular weight excluding hydrogens is 274 g/mol. The zero-order chi connectivity index (χ0) is 13.8. The zero-order valence-corrected chi connectivity index (χ0v) is 12.3. The summed E-state index contributed by atoms with van der Waals surface area (Å²) in [7, 11) is -1.44. The summed E-state index contributed by atoms with van der Waals surface area (Å²) in [4.78, 5) is 0. The van der Waals surface area contributed by atoms with E-state index in [0.717, 1.165) is 0 Å². The Kier molecular flexibility index (Phi) is 5.28. The number of methoxy groups -OCH3 is 1. The molecule has 1 unspecified atom stereocenters. The maximum absolute atomic E-state index is 11.5. The van der Waals surface area contributed by atoms with Gasteiger partial charge in [0.05, 0.1) is 23.6 Å². The lowest BCUT2D eigenvalue weighted by molar-refractivity contribution is 0.415. The van der Waals surface area contributed by atoms with Gasteiger partial charge >= 0.3 is 0 Å². The van der Waals surface area contributed by atoms with Crippen LogP contribution in [0.4, 0.5) is 5.69 Å². The van der Waals surface area contributed by atoms with E-state index in [9.17, 15) is 8.42 Å². The monoisotopic (exact) mass is 291 g/mol. The number of benzene rings is 1. The number of anilines is 1. The summed E-state index contributed by atoms with van der Waals surface area (Å²) in [6, 6.07) is 5.00. The first-order valence-corrected chi connectivity index (χ1v) is 7.88. The molecule has 1 rings (SSSR count). The van der Waals surface area contributed by atoms with Crippen molar-refractivity contribution < 1.29 is 13.2 Å². The van der Waals surface area contributed by atoms with Crippen LogP contribution in [0.5, 0.6) is 5.75 Å². The second-order valence-corrected chi connectivity index (χ2v) is 6.90. The molecule has 1 atom stereocenters. The van der Waals surface area contributed by atoms with Gasteiger partial charge < -0.3 is 10.1 Å². The summed E-state index contributed by atoms with van der Waals surface area (Å²) in [5, 5.41) is 3.62. The second-order valence-electron chi connectivity index (χ2n) is 4.09. The summed E-state index contributed by atoms with van der Waals surface area (Å²) in [5.74, 6) is 0.898. The lowest BCUT2D eigenvalue weighted by Crippen LogP contribution is -2.26. The van der Waals surface area contributed by atoms with Crippen molar-refractivity contribution in [2.24, 2.45) is 0 Å². The van der Waals surface area contributed by atoms with E-state index in [4.69, 9.17) is 16.3 Å². The summed E-state index contributed by atoms with van der Waals surface area (Å²) in [6.07, 6.45) is 0. The molecule has 0 aliphatic carbocycles. The van der Waals surface area contributed by atoms with Gasteiger partial charge in [-0.05, 0) is 19.1 Å². The van der Waals surface area contributed by atoms with Crippen molar-refractivity contribution in [3.8, 4) is 5.75 Å². The van der Waals surface area contributed by atoms with Crippen LogP contribution in [0.25, 0.3) is 0 Å². The van der Waals surface area contributed by atoms with E-state index in [1.807, 2.05) is 6.92 Å². The smallest absolute Gasteiger partial charge is 0.152 e. The highest BCUT2D eigenvalue weighted by atomic mass is 35.5. The first-order valence-electron chi connectivity index (χ1n) is 5.68. The van der Waals surface area contributed by atoms with Crippen molar-refractivity contribution in [3.63, 3.8) is 0 Å². The number of hydrogen-bond donors (Lipinski definition) is 1. The van der Waals surface area contributed by atoms with Crippen LogP contribution >= 0.6 is 11.6 Å². The number of sulfone groups is 1. The molecule has 0 saturated carbocycles. The quantitative estimate of drug-likeness (QED) is 0.875. The van der Waals surface area contributed by atoms with E-state index in [0.29, 0.717) is 16.5 Å². The Hall–Kier alpha value is -0.940. The maximum Gasteiger partial charge on any atom is 0.152 e. The Balaban J connectivity index is 2.78. The number of halogens is 1. The van der Waals surface area contributed by atoms with Crippen molar-refractivity contribution in [2.75, 3.05) is 23.9 Å². The third-order valence-corrected chi connectivity index (χ3v) is 4.74. The largest absolute Gasteiger partial charge is 0.497 e. The molecule has 1 N–H and O–H groups in total. The molecule has 0 radical (unpaired) electrons. The standard InChI is InChI=1S/C12H18ClNO3S/c1-4-18(15,16)8-9(2)14-12-7-10(17-3)5-6-11(12)13/h5-7,9,14H,4,8H2,1-3H3. The van der Waals surface area contributed by atoms with Crippen molar-refractivity contribution in [3.05, 3.63) is 23.2 Å². The highest BCUT2D eigenvalue weighted by Crippen LogP contribution is 2.27. The fourth-order valence-corrected chi connectivity index (χ4v) is 2.80. The van der Waals surface area contributed by atoms with E-state index in [-0.39, 0.29) is 17.5 Å². The first kappa shape index (κ1) is 15.1. The Morgan fingerprint density at radius 3 is 2.67 bits per heavy atom. The Bertz CT molecular complexity index is 502. The molecule has 18 heavy (non-hydrogen) atoms. The highest BCUT2D eigenvalue weighted by molar-refractivity contribution is 7.91. The minimum absolute atomic E-state index is 0.0804. The van der Waals surface area contributed by atoms with Gasteiger partial charge in [-0.3, -0.25) is 0 Å². The van der Waals surface area contributed by atoms with Gasteiger partial charge in [-0.1, -0.05) is 18.5 Å². The van der Waals surface area contributed by atoms with E-state index in [1.54, 1.807) is 32.2 Å². The van der Waals surface area contributed by atoms with Gasteiger partial charge in [0.15, 0.2) is 9.84 Å². The summed E-state index contributed by atoms with van der Waals surface area (Å²) in [6.45, 7) is 3.45. The normalized spacial score (nSPS) is 13.1. The van der Waals surface area contributed by atoms with Crippen molar-refractivity contribution in [1.29, 1.82) is 0 Å². The SMILES string of the molecule is CCS(=O)(=O)CC(C)Nc1cc(OC)ccc1Cl. The summed E-state index contributed by atoms with van der Waals surface area (Å²) < 4.78 is 28.1. The average molecular weight is 292 g/mol. The Morgan fingerprint density at radius 2 is 2.11 bits per heavy atom. The van der Waals surface area contributed by atoms with Gasteiger partial charge in [0.2, 0.25) is 0 Å². The van der Waals surface area contributed by atoms with Crippen LogP contribution in [0.2, 0.25) is 5.02 Å². The molecule has 1 aromatic rings. The van der Waals surface area contributed by atoms with Gasteiger partial charge in [-0.2, -0.15) is 0 Å². The predicted octanol–water partition coefficient (Wildman–Crippen LogP) is 2.58. The molecule has 102 valence electrons. The van der Waals surface area contributed by atoms with Gasteiger partial charge in [-0.25, -0.2) is 8.42 Å². The van der Waals surface area contributed by atoms with E-state index in [1.165, 1.54) is 0 Å². The van der Waals surface area contributed by atoms with Gasteiger partial charge in [0.25, 0.3) is 0 Å². The maximum atomic E-state index is 11.5. The fourth-order valence-electron chi connectivity index (χ4n) is 1.55. The molecular formula is C12H18ClNO3S. The number of ether oxygens (including phenoxy) is 1. The molecule has 0 spiro atoms. The van der Waals surface area contributed by atoms with Crippen molar-refractivity contribution in [2.45, 2.75) is 19.9 Å². The average Bonchev–Trinajstić information content (AvgIpc) is 2.31. The third kappa shape index (κ3) is 4.38. The van der Waals surface area contributed by atoms with Crippen LogP contribution in [0.1, 0.15) is 13.8 Å². The number of nitrogens with one attached hydrogen (secondary N) is 1. The van der Waals surface area contributed by atoms with Gasteiger partial charge in [-0.15, -0.1) is 0 Å². The summed E-state index contributed by atoms with van der Waals surface area (Å²) >= 11 is 6.03. The zero-order valence-electron chi connectivity index (χ0n) is 10.7. The topological polar surface area (TPSA) is 55.4 Å². The van der Waals surface area contributed by atoms with Gasteiger partial charge in [0, 0.05) is 17.9 Å². The molecule has 6 heteroatoms. The molecule has 0 aliphatic heterocycles. The van der Waals surface area contributed by atoms with Crippen LogP contribution in [0.15, 0.2) is 18.2 Å². The van der Waals surface area contributed by atoms with E-state index < -0.39 is 9.84 Å². The lowest BCUT2D eigenvalue weighted by atomic mass is 10.2. The minimum atomic E-state index is -3.00. The molecule has 4 nitrogen and oxygen atoms in total. The van der Waals surface area contributed by atoms with Crippen LogP contribution < -0.4 is 10.1 Å². The first-order chi connectivity index (χ1) is 8.38. The van der Waals surface area contributed by atoms with Crippen LogP contribution in [-0.4, -0.2) is 33.1 Å². The van der Waals surface area contributed by atoms with Crippen LogP contribution in [0, 0.1) is 0 Å². The number of hydrogen-bond acceptors (Lipinski definition) is 4. The highest BCUT2D eigenvalue weighted by Gasteiger charge is 2.14. The van der Waals surface area contributed by atoms with E-state index >= 15 is 0 Å². The number of rotatable bonds is 6.